The van der Waals surface area contributed by atoms with Crippen LogP contribution in [0.15, 0.2) is 31.6 Å². The molecule has 4 rings (SSSR count). The Balaban J connectivity index is 1.35. The van der Waals surface area contributed by atoms with Gasteiger partial charge in [0.05, 0.1) is 12.2 Å². The lowest BCUT2D eigenvalue weighted by Gasteiger charge is -2.24. The van der Waals surface area contributed by atoms with Crippen LogP contribution in [-0.4, -0.2) is 76.5 Å². The fraction of sp³-hybridized carbons (Fsp3) is 0.600. The van der Waals surface area contributed by atoms with Crippen LogP contribution in [-0.2, 0) is 23.1 Å². The third-order valence-corrected chi connectivity index (χ3v) is 7.05. The lowest BCUT2D eigenvalue weighted by Crippen LogP contribution is -2.37. The van der Waals surface area contributed by atoms with Crippen LogP contribution in [0.3, 0.4) is 0 Å². The lowest BCUT2D eigenvalue weighted by molar-refractivity contribution is -0.176. The zero-order chi connectivity index (χ0) is 27.9. The Morgan fingerprint density at radius 2 is 1.21 bits per heavy atom. The van der Waals surface area contributed by atoms with E-state index in [4.69, 9.17) is 18.5 Å². The van der Waals surface area contributed by atoms with Gasteiger partial charge in [0.15, 0.2) is 12.6 Å². The van der Waals surface area contributed by atoms with Crippen molar-refractivity contribution in [3.05, 3.63) is 65.2 Å². The Bertz CT molecular complexity index is 1330. The molecule has 38 heavy (non-hydrogen) atoms. The van der Waals surface area contributed by atoms with Gasteiger partial charge in [-0.1, -0.05) is 0 Å². The minimum Gasteiger partial charge on any atom is -0.390 e. The van der Waals surface area contributed by atoms with Gasteiger partial charge < -0.3 is 29.9 Å². The number of aryl methyl sites for hydroxylation is 2. The number of nitrogens with one attached hydrogen (secondary N) is 2. The maximum absolute atomic E-state index is 12.3. The molecule has 210 valence electrons. The van der Waals surface area contributed by atoms with E-state index >= 15 is 0 Å². The fourth-order valence-corrected chi connectivity index (χ4v) is 4.89. The summed E-state index contributed by atoms with van der Waals surface area (Å²) in [6, 6.07) is 0. The van der Waals surface area contributed by atoms with E-state index in [0.29, 0.717) is 0 Å². The predicted octanol–water partition coefficient (Wildman–Crippen LogP) is -2.94. The highest BCUT2D eigenvalue weighted by molar-refractivity contribution is 7.33. The van der Waals surface area contributed by atoms with E-state index in [1.807, 2.05) is 0 Å². The number of aromatic amines is 2. The predicted molar refractivity (Wildman–Crippen MR) is 124 cm³/mol. The molecular weight excluding hydrogens is 535 g/mol. The minimum absolute atomic E-state index is 0.173. The topological polar surface area (TPSA) is 245 Å². The van der Waals surface area contributed by atoms with Crippen molar-refractivity contribution >= 4 is 8.25 Å². The monoisotopic (exact) mass is 562 g/mol. The molecule has 17 nitrogen and oxygen atoms in total. The highest BCUT2D eigenvalue weighted by Gasteiger charge is 2.43. The van der Waals surface area contributed by atoms with Crippen molar-refractivity contribution in [1.29, 1.82) is 0 Å². The summed E-state index contributed by atoms with van der Waals surface area (Å²) in [5.74, 6) is 0. The smallest absolute Gasteiger partial charge is 0.330 e. The first-order valence-corrected chi connectivity index (χ1v) is 12.6. The first kappa shape index (κ1) is 28.3. The third-order valence-electron chi connectivity index (χ3n) is 6.18. The first-order chi connectivity index (χ1) is 17.8. The van der Waals surface area contributed by atoms with Gasteiger partial charge in [0, 0.05) is 36.4 Å². The normalized spacial score (nSPS) is 29.8. The number of aliphatic hydroxyl groups is 4. The molecule has 0 amide bonds. The van der Waals surface area contributed by atoms with E-state index in [0.717, 1.165) is 9.13 Å². The molecule has 2 aromatic heterocycles. The summed E-state index contributed by atoms with van der Waals surface area (Å²) in [4.78, 5) is 51.4. The summed E-state index contributed by atoms with van der Waals surface area (Å²) in [7, 11) is -3.67. The Labute approximate surface area is 212 Å². The average Bonchev–Trinajstić information content (AvgIpc) is 3.41. The highest BCUT2D eigenvalue weighted by Crippen LogP contribution is 2.37. The van der Waals surface area contributed by atoms with Gasteiger partial charge in [-0.05, 0) is 13.8 Å². The van der Waals surface area contributed by atoms with Crippen LogP contribution in [0.25, 0.3) is 0 Å². The van der Waals surface area contributed by atoms with E-state index in [2.05, 4.69) is 9.97 Å². The average molecular weight is 562 g/mol. The molecule has 0 aromatic carbocycles. The molecule has 2 fully saturated rings. The van der Waals surface area contributed by atoms with Crippen LogP contribution < -0.4 is 22.5 Å². The van der Waals surface area contributed by atoms with Gasteiger partial charge in [-0.3, -0.25) is 42.3 Å². The number of nitrogens with zero attached hydrogens (tertiary/aromatic N) is 2. The number of H-pyrrole nitrogens is 2. The molecule has 6 N–H and O–H groups in total. The molecule has 0 radical (unpaired) electrons. The van der Waals surface area contributed by atoms with Gasteiger partial charge in [-0.15, -0.1) is 0 Å². The number of rotatable bonds is 8. The number of ether oxygens (including phenoxy) is 2. The quantitative estimate of drug-likeness (QED) is 0.139. The Morgan fingerprint density at radius 1 is 0.842 bits per heavy atom. The number of hydrogen-bond acceptors (Lipinski definition) is 13. The maximum atomic E-state index is 12.3. The Kier molecular flexibility index (Phi) is 8.32. The van der Waals surface area contributed by atoms with Crippen molar-refractivity contribution in [3.63, 3.8) is 0 Å². The second kappa shape index (κ2) is 11.2. The van der Waals surface area contributed by atoms with Crippen LogP contribution in [0, 0.1) is 13.8 Å². The van der Waals surface area contributed by atoms with Crippen LogP contribution in [0.1, 0.15) is 36.4 Å². The highest BCUT2D eigenvalue weighted by atomic mass is 31.1. The molecule has 2 aromatic rings. The van der Waals surface area contributed by atoms with Crippen LogP contribution in [0.4, 0.5) is 0 Å². The second-order valence-corrected chi connectivity index (χ2v) is 9.91. The molecule has 0 saturated carbocycles. The van der Waals surface area contributed by atoms with Crippen LogP contribution >= 0.6 is 8.25 Å². The molecule has 0 bridgehead atoms. The summed E-state index contributed by atoms with van der Waals surface area (Å²) < 4.78 is 35.0. The zero-order valence-corrected chi connectivity index (χ0v) is 21.0. The van der Waals surface area contributed by atoms with E-state index in [1.54, 1.807) is 0 Å². The van der Waals surface area contributed by atoms with E-state index in [9.17, 15) is 44.2 Å². The molecule has 0 aliphatic carbocycles. The molecule has 2 aliphatic heterocycles. The first-order valence-electron chi connectivity index (χ1n) is 11.4. The zero-order valence-electron chi connectivity index (χ0n) is 20.0. The molecule has 8 atom stereocenters. The largest absolute Gasteiger partial charge is 0.390 e. The fourth-order valence-electron chi connectivity index (χ4n) is 4.17. The Hall–Kier alpha value is -2.73. The molecule has 0 spiro atoms. The minimum atomic E-state index is -3.67. The summed E-state index contributed by atoms with van der Waals surface area (Å²) in [6.45, 7) is 2.91. The second-order valence-electron chi connectivity index (χ2n) is 8.94. The van der Waals surface area contributed by atoms with Crippen molar-refractivity contribution in [1.82, 2.24) is 19.1 Å². The molecule has 2 saturated heterocycles. The van der Waals surface area contributed by atoms with Gasteiger partial charge in [0.25, 0.3) is 11.1 Å². The van der Waals surface area contributed by atoms with Gasteiger partial charge in [-0.25, -0.2) is 9.59 Å². The number of aliphatic hydroxyl groups excluding tert-OH is 4. The van der Waals surface area contributed by atoms with Crippen molar-refractivity contribution in [2.45, 2.75) is 76.1 Å². The molecule has 4 heterocycles. The van der Waals surface area contributed by atoms with Crippen LogP contribution in [0.2, 0.25) is 0 Å². The maximum Gasteiger partial charge on any atom is 0.330 e. The molecule has 2 aliphatic rings. The summed E-state index contributed by atoms with van der Waals surface area (Å²) >= 11 is 0. The molecule has 2 unspecified atom stereocenters. The summed E-state index contributed by atoms with van der Waals surface area (Å²) in [5, 5.41) is 41.1. The molecule has 18 heteroatoms. The van der Waals surface area contributed by atoms with Gasteiger partial charge in [0.1, 0.15) is 24.7 Å². The van der Waals surface area contributed by atoms with E-state index in [-0.39, 0.29) is 24.0 Å². The van der Waals surface area contributed by atoms with Gasteiger partial charge in [-0.2, -0.15) is 0 Å². The SMILES string of the molecule is Cc1cn([C@H]2C[C@H](O)[C@@H](C(O)O[PH](=O)OC(O)[C@H]3O[C@@H](n4cc(C)c(=O)[nH]c4=O)C[C@@H]3O)O2)c(=O)[nH]c1=O. The summed E-state index contributed by atoms with van der Waals surface area (Å²) in [5.41, 5.74) is -2.39. The van der Waals surface area contributed by atoms with Crippen LogP contribution in [0.5, 0.6) is 0 Å². The van der Waals surface area contributed by atoms with Gasteiger partial charge in [0.2, 0.25) is 0 Å². The standard InChI is InChI=1S/C20H27N4O13P/c1-7-5-23(19(31)21-15(7)27)11-3-9(25)13(34-11)17(29)36-38(33)37-18(30)14-10(26)4-12(35-14)24-6-8(2)16(28)22-20(24)32/h5-6,9-14,17-18,25-26,29-30,38H,3-4H2,1-2H3,(H,21,27,31)(H,22,28,32)/t9-,10-,11+,12+,13-,14-,17?,18?/m0/s1. The lowest BCUT2D eigenvalue weighted by atomic mass is 10.2. The number of hydrogen-bond donors (Lipinski definition) is 6. The van der Waals surface area contributed by atoms with Crippen molar-refractivity contribution in [2.24, 2.45) is 0 Å². The van der Waals surface area contributed by atoms with Crippen molar-refractivity contribution < 1.29 is 43.5 Å². The molecular formula is C20H27N4O13P. The summed E-state index contributed by atoms with van der Waals surface area (Å²) in [6.07, 6.45) is -9.77. The van der Waals surface area contributed by atoms with Crippen molar-refractivity contribution in [2.75, 3.05) is 0 Å². The van der Waals surface area contributed by atoms with Gasteiger partial charge >= 0.3 is 19.6 Å². The third kappa shape index (κ3) is 5.80. The number of aromatic nitrogens is 4. The Morgan fingerprint density at radius 3 is 1.58 bits per heavy atom. The van der Waals surface area contributed by atoms with Crippen molar-refractivity contribution in [3.8, 4) is 0 Å². The van der Waals surface area contributed by atoms with E-state index < -0.39 is 80.2 Å². The van der Waals surface area contributed by atoms with E-state index in [1.165, 1.54) is 26.2 Å².